The second-order valence-electron chi connectivity index (χ2n) is 3.61. The van der Waals surface area contributed by atoms with E-state index in [0.29, 0.717) is 11.3 Å². The maximum absolute atomic E-state index is 11.8. The van der Waals surface area contributed by atoms with Gasteiger partial charge in [-0.15, -0.1) is 0 Å². The highest BCUT2D eigenvalue weighted by molar-refractivity contribution is 6.06. The molecule has 0 saturated carbocycles. The Kier molecular flexibility index (Phi) is 5.08. The van der Waals surface area contributed by atoms with Crippen LogP contribution in [0.5, 0.6) is 0 Å². The number of pyridine rings is 1. The summed E-state index contributed by atoms with van der Waals surface area (Å²) in [5.74, 6) is -0.0474. The minimum absolute atomic E-state index is 0. The second kappa shape index (κ2) is 6.57. The van der Waals surface area contributed by atoms with Crippen LogP contribution in [0.3, 0.4) is 0 Å². The lowest BCUT2D eigenvalue weighted by atomic mass is 10.1. The Hall–Kier alpha value is -2.13. The third kappa shape index (κ3) is 3.71. The zero-order chi connectivity index (χ0) is 12.1. The topological polar surface area (TPSA) is 56.0 Å². The van der Waals surface area contributed by atoms with Crippen LogP contribution in [0.4, 0.5) is 5.69 Å². The van der Waals surface area contributed by atoms with Gasteiger partial charge in [0, 0.05) is 23.6 Å². The van der Waals surface area contributed by atoms with Crippen molar-refractivity contribution in [3.8, 4) is 0 Å². The number of nitrogens with two attached hydrogens (primary N) is 1. The average molecular weight is 260 g/mol. The van der Waals surface area contributed by atoms with Gasteiger partial charge in [-0.05, 0) is 48.0 Å². The summed E-state index contributed by atoms with van der Waals surface area (Å²) in [6.07, 6.45) is 6.67. The monoisotopic (exact) mass is 259 g/mol. The van der Waals surface area contributed by atoms with Gasteiger partial charge in [-0.1, -0.05) is 6.07 Å². The van der Waals surface area contributed by atoms with Crippen molar-refractivity contribution < 1.29 is 17.2 Å². The van der Waals surface area contributed by atoms with Gasteiger partial charge in [0.2, 0.25) is 0 Å². The van der Waals surface area contributed by atoms with Crippen LogP contribution < -0.4 is 18.1 Å². The fraction of sp³-hybridized carbons (Fsp3) is 0. The summed E-state index contributed by atoms with van der Waals surface area (Å²) in [7, 11) is 0. The first kappa shape index (κ1) is 13.9. The summed E-state index contributed by atoms with van der Waals surface area (Å²) in [6, 6.07) is 10.6. The number of carbonyl (C=O) groups is 1. The van der Waals surface area contributed by atoms with E-state index in [4.69, 9.17) is 5.73 Å². The zero-order valence-corrected chi connectivity index (χ0v) is 10.3. The van der Waals surface area contributed by atoms with Gasteiger partial charge in [-0.3, -0.25) is 9.78 Å². The molecule has 0 spiro atoms. The van der Waals surface area contributed by atoms with E-state index in [2.05, 4.69) is 4.98 Å². The van der Waals surface area contributed by atoms with Crippen LogP contribution in [0.2, 0.25) is 0 Å². The number of ketones is 1. The molecule has 1 aromatic carbocycles. The molecule has 18 heavy (non-hydrogen) atoms. The molecule has 0 atom stereocenters. The number of rotatable bonds is 3. The van der Waals surface area contributed by atoms with Gasteiger partial charge >= 0.3 is 0 Å². The fourth-order valence-corrected chi connectivity index (χ4v) is 1.39. The number of carbonyl (C=O) groups excluding carboxylic acids is 1. The zero-order valence-electron chi connectivity index (χ0n) is 9.58. The van der Waals surface area contributed by atoms with E-state index in [1.807, 2.05) is 12.1 Å². The number of aromatic nitrogens is 1. The Bertz CT molecular complexity index is 535. The fourth-order valence-electron chi connectivity index (χ4n) is 1.39. The van der Waals surface area contributed by atoms with Crippen LogP contribution >= 0.6 is 0 Å². The molecule has 0 bridgehead atoms. The number of hydrogen-bond donors (Lipinski definition) is 1. The van der Waals surface area contributed by atoms with Gasteiger partial charge in [-0.2, -0.15) is 0 Å². The molecule has 0 fully saturated rings. The third-order valence-corrected chi connectivity index (χ3v) is 2.31. The van der Waals surface area contributed by atoms with E-state index < -0.39 is 0 Å². The first-order valence-electron chi connectivity index (χ1n) is 5.24. The van der Waals surface area contributed by atoms with Crippen LogP contribution in [0, 0.1) is 0 Å². The van der Waals surface area contributed by atoms with E-state index in [1.54, 1.807) is 42.7 Å². The first-order valence-corrected chi connectivity index (χ1v) is 5.24. The lowest BCUT2D eigenvalue weighted by molar-refractivity contribution is -0.0000108. The maximum Gasteiger partial charge on any atom is 0.185 e. The van der Waals surface area contributed by atoms with Crippen molar-refractivity contribution in [1.82, 2.24) is 4.98 Å². The normalized spacial score (nSPS) is 10.0. The SMILES string of the molecule is Nc1ccc(C(=O)/C=C/c2cccnc2)cc1.[Cl-]. The molecule has 0 aliphatic rings. The van der Waals surface area contributed by atoms with Crippen molar-refractivity contribution in [2.24, 2.45) is 0 Å². The lowest BCUT2D eigenvalue weighted by Gasteiger charge is -1.96. The van der Waals surface area contributed by atoms with Gasteiger partial charge in [-0.25, -0.2) is 0 Å². The van der Waals surface area contributed by atoms with E-state index in [1.165, 1.54) is 6.08 Å². The number of anilines is 1. The highest BCUT2D eigenvalue weighted by atomic mass is 35.5. The van der Waals surface area contributed by atoms with Crippen LogP contribution in [0.1, 0.15) is 15.9 Å². The number of allylic oxidation sites excluding steroid dienone is 1. The van der Waals surface area contributed by atoms with Crippen molar-refractivity contribution in [3.63, 3.8) is 0 Å². The Balaban J connectivity index is 0.00000162. The molecule has 0 aliphatic carbocycles. The molecular weight excluding hydrogens is 248 g/mol. The molecule has 0 aliphatic heterocycles. The molecule has 92 valence electrons. The van der Waals surface area contributed by atoms with Gasteiger partial charge in [0.25, 0.3) is 0 Å². The summed E-state index contributed by atoms with van der Waals surface area (Å²) in [5.41, 5.74) is 7.73. The average Bonchev–Trinajstić information content (AvgIpc) is 2.38. The van der Waals surface area contributed by atoms with Crippen molar-refractivity contribution >= 4 is 17.5 Å². The predicted octanol–water partition coefficient (Wildman–Crippen LogP) is -0.436. The predicted molar refractivity (Wildman–Crippen MR) is 68.5 cm³/mol. The number of nitrogen functional groups attached to an aromatic ring is 1. The number of nitrogens with zero attached hydrogens (tertiary/aromatic N) is 1. The smallest absolute Gasteiger partial charge is 0.185 e. The minimum Gasteiger partial charge on any atom is -1.00 e. The first-order chi connectivity index (χ1) is 8.25. The molecule has 2 aromatic rings. The van der Waals surface area contributed by atoms with Crippen molar-refractivity contribution in [2.75, 3.05) is 5.73 Å². The molecule has 0 unspecified atom stereocenters. The third-order valence-electron chi connectivity index (χ3n) is 2.31. The van der Waals surface area contributed by atoms with Crippen LogP contribution in [0.15, 0.2) is 54.9 Å². The second-order valence-corrected chi connectivity index (χ2v) is 3.61. The molecule has 0 radical (unpaired) electrons. The highest BCUT2D eigenvalue weighted by Gasteiger charge is 2.00. The maximum atomic E-state index is 11.8. The Labute approximate surface area is 112 Å². The van der Waals surface area contributed by atoms with Gasteiger partial charge in [0.1, 0.15) is 0 Å². The van der Waals surface area contributed by atoms with Crippen LogP contribution in [-0.4, -0.2) is 10.8 Å². The summed E-state index contributed by atoms with van der Waals surface area (Å²) in [6.45, 7) is 0. The minimum atomic E-state index is -0.0474. The summed E-state index contributed by atoms with van der Waals surface area (Å²) < 4.78 is 0. The Morgan fingerprint density at radius 2 is 1.89 bits per heavy atom. The number of halogens is 1. The molecule has 0 amide bonds. The van der Waals surface area contributed by atoms with Gasteiger partial charge in [0.05, 0.1) is 0 Å². The summed E-state index contributed by atoms with van der Waals surface area (Å²) in [5, 5.41) is 0. The quantitative estimate of drug-likeness (QED) is 0.462. The van der Waals surface area contributed by atoms with Crippen molar-refractivity contribution in [1.29, 1.82) is 0 Å². The molecule has 1 aromatic heterocycles. The van der Waals surface area contributed by atoms with E-state index in [0.717, 1.165) is 5.56 Å². The molecule has 4 heteroatoms. The lowest BCUT2D eigenvalue weighted by Crippen LogP contribution is -3.00. The van der Waals surface area contributed by atoms with E-state index in [9.17, 15) is 4.79 Å². The van der Waals surface area contributed by atoms with Crippen LogP contribution in [-0.2, 0) is 0 Å². The Morgan fingerprint density at radius 1 is 1.17 bits per heavy atom. The molecule has 0 saturated heterocycles. The molecule has 1 heterocycles. The van der Waals surface area contributed by atoms with E-state index in [-0.39, 0.29) is 18.2 Å². The van der Waals surface area contributed by atoms with Gasteiger partial charge in [0.15, 0.2) is 5.78 Å². The highest BCUT2D eigenvalue weighted by Crippen LogP contribution is 2.08. The molecule has 3 nitrogen and oxygen atoms in total. The molecule has 2 N–H and O–H groups in total. The largest absolute Gasteiger partial charge is 1.00 e. The van der Waals surface area contributed by atoms with Crippen molar-refractivity contribution in [3.05, 3.63) is 66.0 Å². The summed E-state index contributed by atoms with van der Waals surface area (Å²) >= 11 is 0. The number of benzene rings is 1. The number of hydrogen-bond acceptors (Lipinski definition) is 3. The van der Waals surface area contributed by atoms with Crippen molar-refractivity contribution in [2.45, 2.75) is 0 Å². The van der Waals surface area contributed by atoms with Gasteiger partial charge < -0.3 is 18.1 Å². The van der Waals surface area contributed by atoms with E-state index >= 15 is 0 Å². The van der Waals surface area contributed by atoms with Crippen LogP contribution in [0.25, 0.3) is 6.08 Å². The summed E-state index contributed by atoms with van der Waals surface area (Å²) in [4.78, 5) is 15.7. The molecule has 2 rings (SSSR count). The molecular formula is C14H12ClN2O-. The standard InChI is InChI=1S/C14H12N2O.ClH/c15-13-6-4-12(5-7-13)14(17)8-3-11-2-1-9-16-10-11;/h1-10H,15H2;1H/p-1/b8-3+;. The Morgan fingerprint density at radius 3 is 2.50 bits per heavy atom.